The summed E-state index contributed by atoms with van der Waals surface area (Å²) in [5.74, 6) is 0.713. The van der Waals surface area contributed by atoms with Gasteiger partial charge in [0.2, 0.25) is 5.88 Å². The van der Waals surface area contributed by atoms with Crippen LogP contribution in [0.15, 0.2) is 48.7 Å². The molecular weight excluding hydrogens is 330 g/mol. The normalized spacial score (nSPS) is 17.0. The van der Waals surface area contributed by atoms with E-state index in [1.807, 2.05) is 18.2 Å². The third-order valence-corrected chi connectivity index (χ3v) is 4.54. The van der Waals surface area contributed by atoms with E-state index in [9.17, 15) is 9.90 Å². The van der Waals surface area contributed by atoms with E-state index in [0.717, 1.165) is 25.8 Å². The van der Waals surface area contributed by atoms with Crippen LogP contribution in [0.5, 0.6) is 5.88 Å². The third kappa shape index (κ3) is 5.20. The number of hydrogen-bond donors (Lipinski definition) is 2. The fraction of sp³-hybridized carbons (Fsp3) is 0.400. The van der Waals surface area contributed by atoms with Crippen LogP contribution < -0.4 is 10.1 Å². The highest BCUT2D eigenvalue weighted by molar-refractivity contribution is 5.89. The van der Waals surface area contributed by atoms with E-state index in [0.29, 0.717) is 24.7 Å². The largest absolute Gasteiger partial charge is 0.477 e. The molecule has 2 amide bonds. The fourth-order valence-corrected chi connectivity index (χ4v) is 3.06. The molecule has 1 atom stereocenters. The zero-order valence-electron chi connectivity index (χ0n) is 14.8. The minimum absolute atomic E-state index is 0.125. The van der Waals surface area contributed by atoms with Crippen molar-refractivity contribution in [2.24, 2.45) is 5.92 Å². The Kier molecular flexibility index (Phi) is 6.44. The average molecular weight is 355 g/mol. The molecule has 6 nitrogen and oxygen atoms in total. The number of ether oxygens (including phenoxy) is 1. The van der Waals surface area contributed by atoms with Gasteiger partial charge in [0.25, 0.3) is 0 Å². The summed E-state index contributed by atoms with van der Waals surface area (Å²) >= 11 is 0. The van der Waals surface area contributed by atoms with E-state index in [1.54, 1.807) is 23.2 Å². The van der Waals surface area contributed by atoms with Crippen LogP contribution in [0.3, 0.4) is 0 Å². The summed E-state index contributed by atoms with van der Waals surface area (Å²) in [6.07, 6.45) is 4.31. The molecule has 1 aliphatic rings. The lowest BCUT2D eigenvalue weighted by molar-refractivity contribution is 0.136. The van der Waals surface area contributed by atoms with Crippen molar-refractivity contribution in [1.29, 1.82) is 0 Å². The number of nitrogens with one attached hydrogen (secondary N) is 1. The van der Waals surface area contributed by atoms with Gasteiger partial charge in [-0.3, -0.25) is 0 Å². The van der Waals surface area contributed by atoms with Crippen molar-refractivity contribution in [1.82, 2.24) is 9.88 Å². The third-order valence-electron chi connectivity index (χ3n) is 4.54. The lowest BCUT2D eigenvalue weighted by Crippen LogP contribution is -2.43. The Morgan fingerprint density at radius 2 is 2.12 bits per heavy atom. The Morgan fingerprint density at radius 1 is 1.27 bits per heavy atom. The van der Waals surface area contributed by atoms with E-state index < -0.39 is 0 Å². The summed E-state index contributed by atoms with van der Waals surface area (Å²) in [6.45, 7) is 1.99. The van der Waals surface area contributed by atoms with Gasteiger partial charge < -0.3 is 20.1 Å². The molecule has 3 rings (SSSR count). The number of anilines is 1. The zero-order chi connectivity index (χ0) is 18.2. The number of aromatic nitrogens is 1. The average Bonchev–Trinajstić information content (AvgIpc) is 2.70. The Labute approximate surface area is 153 Å². The Bertz CT molecular complexity index is 691. The highest BCUT2D eigenvalue weighted by Gasteiger charge is 2.23. The summed E-state index contributed by atoms with van der Waals surface area (Å²) in [6, 6.07) is 13.5. The number of aliphatic hydroxyl groups is 1. The van der Waals surface area contributed by atoms with E-state index in [4.69, 9.17) is 4.74 Å². The summed E-state index contributed by atoms with van der Waals surface area (Å²) in [4.78, 5) is 18.3. The highest BCUT2D eigenvalue weighted by Crippen LogP contribution is 2.18. The van der Waals surface area contributed by atoms with Crippen molar-refractivity contribution in [3.63, 3.8) is 0 Å². The predicted octanol–water partition coefficient (Wildman–Crippen LogP) is 2.94. The standard InChI is InChI=1S/C20H25N3O3/c24-15-17-7-4-11-23(14-17)20(25)22-18-8-9-19(21-13-18)26-12-10-16-5-2-1-3-6-16/h1-3,5-6,8-9,13,17,24H,4,7,10-12,14-15H2,(H,22,25). The van der Waals surface area contributed by atoms with Crippen molar-refractivity contribution in [2.75, 3.05) is 31.6 Å². The molecular formula is C20H25N3O3. The van der Waals surface area contributed by atoms with Crippen molar-refractivity contribution in [2.45, 2.75) is 19.3 Å². The van der Waals surface area contributed by atoms with Gasteiger partial charge >= 0.3 is 6.03 Å². The molecule has 1 aliphatic heterocycles. The predicted molar refractivity (Wildman–Crippen MR) is 100 cm³/mol. The molecule has 1 saturated heterocycles. The van der Waals surface area contributed by atoms with Crippen LogP contribution in [0, 0.1) is 5.92 Å². The number of pyridine rings is 1. The summed E-state index contributed by atoms with van der Waals surface area (Å²) < 4.78 is 5.65. The van der Waals surface area contributed by atoms with Gasteiger partial charge in [-0.15, -0.1) is 0 Å². The van der Waals surface area contributed by atoms with Crippen LogP contribution in [-0.2, 0) is 6.42 Å². The van der Waals surface area contributed by atoms with E-state index in [2.05, 4.69) is 22.4 Å². The molecule has 0 saturated carbocycles. The first-order valence-electron chi connectivity index (χ1n) is 9.04. The molecule has 0 radical (unpaired) electrons. The second kappa shape index (κ2) is 9.20. The molecule has 0 bridgehead atoms. The highest BCUT2D eigenvalue weighted by atomic mass is 16.5. The van der Waals surface area contributed by atoms with Crippen LogP contribution in [-0.4, -0.2) is 47.3 Å². The number of piperidine rings is 1. The number of benzene rings is 1. The number of rotatable bonds is 6. The minimum atomic E-state index is -0.150. The van der Waals surface area contributed by atoms with Gasteiger partial charge in [0.05, 0.1) is 18.5 Å². The molecule has 138 valence electrons. The maximum Gasteiger partial charge on any atom is 0.321 e. The Morgan fingerprint density at radius 3 is 2.85 bits per heavy atom. The molecule has 0 spiro atoms. The van der Waals surface area contributed by atoms with Crippen molar-refractivity contribution < 1.29 is 14.6 Å². The van der Waals surface area contributed by atoms with Gasteiger partial charge in [0.15, 0.2) is 0 Å². The number of carbonyl (C=O) groups is 1. The lowest BCUT2D eigenvalue weighted by atomic mass is 9.99. The first-order valence-corrected chi connectivity index (χ1v) is 9.04. The maximum atomic E-state index is 12.3. The van der Waals surface area contributed by atoms with E-state index >= 15 is 0 Å². The van der Waals surface area contributed by atoms with Gasteiger partial charge in [-0.1, -0.05) is 30.3 Å². The maximum absolute atomic E-state index is 12.3. The summed E-state index contributed by atoms with van der Waals surface area (Å²) in [5.41, 5.74) is 1.86. The quantitative estimate of drug-likeness (QED) is 0.835. The number of likely N-dealkylation sites (tertiary alicyclic amines) is 1. The molecule has 1 aromatic carbocycles. The molecule has 2 N–H and O–H groups in total. The van der Waals surface area contributed by atoms with Crippen molar-refractivity contribution in [3.8, 4) is 5.88 Å². The minimum Gasteiger partial charge on any atom is -0.477 e. The molecule has 0 aliphatic carbocycles. The summed E-state index contributed by atoms with van der Waals surface area (Å²) in [7, 11) is 0. The monoisotopic (exact) mass is 355 g/mol. The van der Waals surface area contributed by atoms with Crippen molar-refractivity contribution >= 4 is 11.7 Å². The fourth-order valence-electron chi connectivity index (χ4n) is 3.06. The van der Waals surface area contributed by atoms with E-state index in [1.165, 1.54) is 5.56 Å². The smallest absolute Gasteiger partial charge is 0.321 e. The first kappa shape index (κ1) is 18.2. The Balaban J connectivity index is 1.45. The number of amides is 2. The van der Waals surface area contributed by atoms with Crippen LogP contribution in [0.1, 0.15) is 18.4 Å². The molecule has 26 heavy (non-hydrogen) atoms. The van der Waals surface area contributed by atoms with Crippen LogP contribution in [0.25, 0.3) is 0 Å². The molecule has 1 unspecified atom stereocenters. The zero-order valence-corrected chi connectivity index (χ0v) is 14.8. The second-order valence-electron chi connectivity index (χ2n) is 6.54. The number of urea groups is 1. The van der Waals surface area contributed by atoms with Crippen LogP contribution >= 0.6 is 0 Å². The van der Waals surface area contributed by atoms with Gasteiger partial charge in [-0.2, -0.15) is 0 Å². The number of carbonyl (C=O) groups excluding carboxylic acids is 1. The topological polar surface area (TPSA) is 74.7 Å². The second-order valence-corrected chi connectivity index (χ2v) is 6.54. The molecule has 2 heterocycles. The number of nitrogens with zero attached hydrogens (tertiary/aromatic N) is 2. The van der Waals surface area contributed by atoms with Gasteiger partial charge in [-0.05, 0) is 30.4 Å². The lowest BCUT2D eigenvalue weighted by Gasteiger charge is -2.31. The van der Waals surface area contributed by atoms with E-state index in [-0.39, 0.29) is 18.6 Å². The van der Waals surface area contributed by atoms with Gasteiger partial charge in [-0.25, -0.2) is 9.78 Å². The first-order chi connectivity index (χ1) is 12.7. The molecule has 1 fully saturated rings. The van der Waals surface area contributed by atoms with Crippen LogP contribution in [0.4, 0.5) is 10.5 Å². The van der Waals surface area contributed by atoms with Crippen molar-refractivity contribution in [3.05, 3.63) is 54.2 Å². The Hall–Kier alpha value is -2.60. The number of aliphatic hydroxyl groups excluding tert-OH is 1. The van der Waals surface area contributed by atoms with Gasteiger partial charge in [0.1, 0.15) is 0 Å². The molecule has 6 heteroatoms. The van der Waals surface area contributed by atoms with Crippen LogP contribution in [0.2, 0.25) is 0 Å². The number of hydrogen-bond acceptors (Lipinski definition) is 4. The molecule has 2 aromatic rings. The SMILES string of the molecule is O=C(Nc1ccc(OCCc2ccccc2)nc1)N1CCCC(CO)C1. The molecule has 1 aromatic heterocycles. The summed E-state index contributed by atoms with van der Waals surface area (Å²) in [5, 5.41) is 12.1. The van der Waals surface area contributed by atoms with Gasteiger partial charge in [0, 0.05) is 32.2 Å².